The van der Waals surface area contributed by atoms with Crippen LogP contribution in [0, 0.1) is 17.6 Å². The van der Waals surface area contributed by atoms with Crippen molar-refractivity contribution in [3.63, 3.8) is 0 Å². The molecule has 2 atom stereocenters. The molecule has 1 heterocycles. The van der Waals surface area contributed by atoms with Crippen molar-refractivity contribution in [2.75, 3.05) is 51.2 Å². The Morgan fingerprint density at radius 2 is 2.03 bits per heavy atom. The van der Waals surface area contributed by atoms with Crippen LogP contribution in [-0.2, 0) is 0 Å². The zero-order valence-electron chi connectivity index (χ0n) is 18.3. The Labute approximate surface area is 174 Å². The van der Waals surface area contributed by atoms with Crippen LogP contribution in [0.15, 0.2) is 23.2 Å². The molecule has 0 radical (unpaired) electrons. The molecule has 2 N–H and O–H groups in total. The highest BCUT2D eigenvalue weighted by Gasteiger charge is 2.23. The first kappa shape index (κ1) is 23.4. The van der Waals surface area contributed by atoms with Gasteiger partial charge >= 0.3 is 0 Å². The highest BCUT2D eigenvalue weighted by Crippen LogP contribution is 2.24. The molecule has 7 heteroatoms. The predicted molar refractivity (Wildman–Crippen MR) is 118 cm³/mol. The quantitative estimate of drug-likeness (QED) is 0.459. The van der Waals surface area contributed by atoms with Gasteiger partial charge in [0.2, 0.25) is 0 Å². The highest BCUT2D eigenvalue weighted by molar-refractivity contribution is 5.79. The largest absolute Gasteiger partial charge is 0.371 e. The summed E-state index contributed by atoms with van der Waals surface area (Å²) < 4.78 is 26.6. The first-order valence-electron chi connectivity index (χ1n) is 10.9. The molecule has 2 rings (SSSR count). The number of benzene rings is 1. The van der Waals surface area contributed by atoms with E-state index in [1.165, 1.54) is 18.6 Å². The summed E-state index contributed by atoms with van der Waals surface area (Å²) in [4.78, 5) is 8.90. The van der Waals surface area contributed by atoms with Crippen molar-refractivity contribution in [1.29, 1.82) is 0 Å². The second kappa shape index (κ2) is 12.0. The first-order chi connectivity index (χ1) is 14.0. The summed E-state index contributed by atoms with van der Waals surface area (Å²) in [5, 5.41) is 6.90. The third-order valence-corrected chi connectivity index (χ3v) is 5.72. The predicted octanol–water partition coefficient (Wildman–Crippen LogP) is 3.47. The van der Waals surface area contributed by atoms with Crippen molar-refractivity contribution < 1.29 is 8.78 Å². The second-order valence-electron chi connectivity index (χ2n) is 7.87. The highest BCUT2D eigenvalue weighted by atomic mass is 19.2. The van der Waals surface area contributed by atoms with E-state index in [0.29, 0.717) is 12.0 Å². The number of rotatable bonds is 10. The SMILES string of the molecule is CCN(CC)CCCC(C)NC(=NC)NCC1CCN(c2ccc(F)c(F)c2)C1. The number of halogens is 2. The molecule has 0 aliphatic carbocycles. The number of hydrogen-bond acceptors (Lipinski definition) is 3. The normalized spacial score (nSPS) is 18.4. The van der Waals surface area contributed by atoms with Gasteiger partial charge in [0, 0.05) is 44.5 Å². The second-order valence-corrected chi connectivity index (χ2v) is 7.87. The monoisotopic (exact) mass is 409 g/mol. The van der Waals surface area contributed by atoms with E-state index in [0.717, 1.165) is 63.8 Å². The number of hydrogen-bond donors (Lipinski definition) is 2. The smallest absolute Gasteiger partial charge is 0.191 e. The zero-order chi connectivity index (χ0) is 21.2. The Balaban J connectivity index is 1.71. The van der Waals surface area contributed by atoms with Gasteiger partial charge in [-0.3, -0.25) is 4.99 Å². The van der Waals surface area contributed by atoms with Crippen LogP contribution in [0.1, 0.15) is 40.0 Å². The van der Waals surface area contributed by atoms with Gasteiger partial charge in [-0.05, 0) is 63.9 Å². The van der Waals surface area contributed by atoms with Gasteiger partial charge < -0.3 is 20.4 Å². The number of guanidine groups is 1. The molecule has 1 fully saturated rings. The fraction of sp³-hybridized carbons (Fsp3) is 0.682. The third kappa shape index (κ3) is 7.46. The average molecular weight is 410 g/mol. The number of nitrogens with one attached hydrogen (secondary N) is 2. The van der Waals surface area contributed by atoms with Crippen molar-refractivity contribution in [3.8, 4) is 0 Å². The van der Waals surface area contributed by atoms with Crippen LogP contribution < -0.4 is 15.5 Å². The van der Waals surface area contributed by atoms with Crippen LogP contribution in [0.2, 0.25) is 0 Å². The minimum absolute atomic E-state index is 0.360. The fourth-order valence-corrected chi connectivity index (χ4v) is 3.82. The van der Waals surface area contributed by atoms with Crippen LogP contribution in [0.25, 0.3) is 0 Å². The van der Waals surface area contributed by atoms with Crippen molar-refractivity contribution in [1.82, 2.24) is 15.5 Å². The lowest BCUT2D eigenvalue weighted by molar-refractivity contribution is 0.292. The molecule has 2 unspecified atom stereocenters. The van der Waals surface area contributed by atoms with E-state index in [1.54, 1.807) is 13.1 Å². The molecular weight excluding hydrogens is 372 g/mol. The Kier molecular flexibility index (Phi) is 9.64. The molecule has 29 heavy (non-hydrogen) atoms. The maximum Gasteiger partial charge on any atom is 0.191 e. The molecule has 0 spiro atoms. The van der Waals surface area contributed by atoms with Gasteiger partial charge in [0.05, 0.1) is 0 Å². The maximum atomic E-state index is 13.5. The van der Waals surface area contributed by atoms with E-state index >= 15 is 0 Å². The lowest BCUT2D eigenvalue weighted by Crippen LogP contribution is -2.44. The number of nitrogens with zero attached hydrogens (tertiary/aromatic N) is 3. The molecule has 1 aromatic carbocycles. The standard InChI is InChI=1S/C22H37F2N5/c1-5-28(6-2)12-7-8-17(3)27-22(25-4)26-15-18-11-13-29(16-18)19-9-10-20(23)21(24)14-19/h9-10,14,17-18H,5-8,11-13,15-16H2,1-4H3,(H2,25,26,27). The summed E-state index contributed by atoms with van der Waals surface area (Å²) in [6, 6.07) is 4.49. The van der Waals surface area contributed by atoms with Crippen molar-refractivity contribution in [3.05, 3.63) is 29.8 Å². The Morgan fingerprint density at radius 1 is 1.28 bits per heavy atom. The lowest BCUT2D eigenvalue weighted by Gasteiger charge is -2.22. The summed E-state index contributed by atoms with van der Waals surface area (Å²) in [5.41, 5.74) is 0.746. The van der Waals surface area contributed by atoms with E-state index in [4.69, 9.17) is 0 Å². The molecule has 1 aliphatic rings. The van der Waals surface area contributed by atoms with E-state index in [1.807, 2.05) is 0 Å². The van der Waals surface area contributed by atoms with Gasteiger partial charge in [0.1, 0.15) is 0 Å². The molecule has 1 aromatic rings. The summed E-state index contributed by atoms with van der Waals surface area (Å²) >= 11 is 0. The van der Waals surface area contributed by atoms with Crippen molar-refractivity contribution >= 4 is 11.6 Å². The summed E-state index contributed by atoms with van der Waals surface area (Å²) in [5.74, 6) is -0.317. The van der Waals surface area contributed by atoms with Crippen LogP contribution in [0.4, 0.5) is 14.5 Å². The Morgan fingerprint density at radius 3 is 2.69 bits per heavy atom. The molecule has 1 aliphatic heterocycles. The minimum atomic E-state index is -0.799. The number of anilines is 1. The van der Waals surface area contributed by atoms with Crippen LogP contribution in [0.3, 0.4) is 0 Å². The van der Waals surface area contributed by atoms with Crippen molar-refractivity contribution in [2.24, 2.45) is 10.9 Å². The van der Waals surface area contributed by atoms with E-state index in [9.17, 15) is 8.78 Å². The molecule has 5 nitrogen and oxygen atoms in total. The summed E-state index contributed by atoms with van der Waals surface area (Å²) in [6.45, 7) is 12.4. The van der Waals surface area contributed by atoms with E-state index in [2.05, 4.69) is 46.2 Å². The summed E-state index contributed by atoms with van der Waals surface area (Å²) in [6.07, 6.45) is 3.28. The van der Waals surface area contributed by atoms with E-state index in [-0.39, 0.29) is 0 Å². The molecule has 0 saturated carbocycles. The molecular formula is C22H37F2N5. The maximum absolute atomic E-state index is 13.5. The van der Waals surface area contributed by atoms with Gasteiger partial charge in [0.25, 0.3) is 0 Å². The molecule has 0 amide bonds. The van der Waals surface area contributed by atoms with Gasteiger partial charge in [0.15, 0.2) is 17.6 Å². The Bertz CT molecular complexity index is 648. The minimum Gasteiger partial charge on any atom is -0.371 e. The topological polar surface area (TPSA) is 42.9 Å². The number of aliphatic imine (C=N–C) groups is 1. The average Bonchev–Trinajstić information content (AvgIpc) is 3.19. The van der Waals surface area contributed by atoms with Crippen molar-refractivity contribution in [2.45, 2.75) is 46.1 Å². The van der Waals surface area contributed by atoms with Gasteiger partial charge in [-0.2, -0.15) is 0 Å². The molecule has 164 valence electrons. The fourth-order valence-electron chi connectivity index (χ4n) is 3.82. The lowest BCUT2D eigenvalue weighted by atomic mass is 10.1. The zero-order valence-corrected chi connectivity index (χ0v) is 18.3. The van der Waals surface area contributed by atoms with Gasteiger partial charge in [-0.1, -0.05) is 13.8 Å². The summed E-state index contributed by atoms with van der Waals surface area (Å²) in [7, 11) is 1.79. The van der Waals surface area contributed by atoms with Crippen LogP contribution in [0.5, 0.6) is 0 Å². The van der Waals surface area contributed by atoms with Gasteiger partial charge in [-0.15, -0.1) is 0 Å². The van der Waals surface area contributed by atoms with Crippen LogP contribution in [-0.4, -0.2) is 63.2 Å². The molecule has 0 bridgehead atoms. The first-order valence-corrected chi connectivity index (χ1v) is 10.9. The van der Waals surface area contributed by atoms with Gasteiger partial charge in [-0.25, -0.2) is 8.78 Å². The Hall–Kier alpha value is -1.89. The van der Waals surface area contributed by atoms with Crippen LogP contribution >= 0.6 is 0 Å². The third-order valence-electron chi connectivity index (χ3n) is 5.72. The van der Waals surface area contributed by atoms with E-state index < -0.39 is 11.6 Å². The molecule has 1 saturated heterocycles. The molecule has 0 aromatic heterocycles.